The minimum absolute atomic E-state index is 0.0801. The first kappa shape index (κ1) is 17.3. The molecule has 0 aliphatic heterocycles. The fourth-order valence-electron chi connectivity index (χ4n) is 2.03. The third-order valence-corrected chi connectivity index (χ3v) is 3.06. The molecule has 1 heterocycles. The molecule has 1 aromatic rings. The van der Waals surface area contributed by atoms with E-state index in [1.807, 2.05) is 13.8 Å². The monoisotopic (exact) mass is 293 g/mol. The van der Waals surface area contributed by atoms with Crippen LogP contribution in [0.5, 0.6) is 0 Å². The summed E-state index contributed by atoms with van der Waals surface area (Å²) in [6, 6.07) is 0. The molecule has 116 valence electrons. The third-order valence-electron chi connectivity index (χ3n) is 3.06. The molecule has 0 aliphatic carbocycles. The molecule has 0 radical (unpaired) electrons. The zero-order valence-corrected chi connectivity index (χ0v) is 12.5. The molecule has 0 fully saturated rings. The minimum Gasteiger partial charge on any atom is -0.377 e. The highest BCUT2D eigenvalue weighted by atomic mass is 16.5. The van der Waals surface area contributed by atoms with E-state index in [9.17, 15) is 15.0 Å². The van der Waals surface area contributed by atoms with Gasteiger partial charge in [0.1, 0.15) is 5.69 Å². The first-order valence-corrected chi connectivity index (χ1v) is 6.97. The molecule has 21 heavy (non-hydrogen) atoms. The molecule has 1 rings (SSSR count). The van der Waals surface area contributed by atoms with Gasteiger partial charge in [-0.1, -0.05) is 20.4 Å². The number of carbonyl (C=O) groups is 1. The van der Waals surface area contributed by atoms with Crippen LogP contribution in [0, 0.1) is 11.8 Å². The predicted octanol–water partition coefficient (Wildman–Crippen LogP) is 0.969. The second-order valence-electron chi connectivity index (χ2n) is 5.47. The van der Waals surface area contributed by atoms with E-state index in [0.29, 0.717) is 23.7 Å². The van der Waals surface area contributed by atoms with Gasteiger partial charge in [-0.15, -0.1) is 0 Å². The second kappa shape index (κ2) is 8.49. The lowest BCUT2D eigenvalue weighted by molar-refractivity contribution is -0.127. The number of nitrogens with one attached hydrogen (secondary N) is 1. The van der Waals surface area contributed by atoms with E-state index < -0.39 is 12.2 Å². The summed E-state index contributed by atoms with van der Waals surface area (Å²) in [4.78, 5) is 19.9. The lowest BCUT2D eigenvalue weighted by Gasteiger charge is -2.20. The summed E-state index contributed by atoms with van der Waals surface area (Å²) in [6.07, 6.45) is 3.90. The van der Waals surface area contributed by atoms with Gasteiger partial charge in [-0.2, -0.15) is 0 Å². The van der Waals surface area contributed by atoms with Crippen LogP contribution in [0.4, 0.5) is 0 Å². The van der Waals surface area contributed by atoms with Crippen LogP contribution in [-0.2, 0) is 4.79 Å². The van der Waals surface area contributed by atoms with Crippen molar-refractivity contribution >= 4 is 11.5 Å². The number of hydrogen-bond acceptors (Lipinski definition) is 6. The Bertz CT molecular complexity index is 460. The number of carbonyl (C=O) groups excluding carboxylic acids is 1. The highest BCUT2D eigenvalue weighted by molar-refractivity contribution is 5.82. The molecule has 0 spiro atoms. The topological polar surface area (TPSA) is 95.3 Å². The Balaban J connectivity index is 2.44. The predicted molar refractivity (Wildman–Crippen MR) is 79.9 cm³/mol. The summed E-state index contributed by atoms with van der Waals surface area (Å²) in [6.45, 7) is 7.84. The number of ketones is 1. The van der Waals surface area contributed by atoms with Crippen molar-refractivity contribution in [3.8, 4) is 0 Å². The Morgan fingerprint density at radius 2 is 2.10 bits per heavy atom. The summed E-state index contributed by atoms with van der Waals surface area (Å²) in [5, 5.41) is 21.5. The van der Waals surface area contributed by atoms with Gasteiger partial charge in [0.15, 0.2) is 12.1 Å². The van der Waals surface area contributed by atoms with Gasteiger partial charge < -0.3 is 15.5 Å². The van der Waals surface area contributed by atoms with Crippen molar-refractivity contribution < 1.29 is 15.0 Å². The van der Waals surface area contributed by atoms with Gasteiger partial charge in [0, 0.05) is 24.7 Å². The Morgan fingerprint density at radius 3 is 2.62 bits per heavy atom. The fraction of sp³-hybridized carbons (Fsp3) is 0.533. The summed E-state index contributed by atoms with van der Waals surface area (Å²) in [5.74, 6) is -0.241. The molecule has 0 bridgehead atoms. The Labute approximate surface area is 124 Å². The summed E-state index contributed by atoms with van der Waals surface area (Å²) < 4.78 is 0. The molecule has 0 aliphatic rings. The zero-order chi connectivity index (χ0) is 15.8. The Kier molecular flexibility index (Phi) is 6.98. The van der Waals surface area contributed by atoms with E-state index in [0.717, 1.165) is 0 Å². The lowest BCUT2D eigenvalue weighted by atomic mass is 9.92. The number of aliphatic hydroxyl groups excluding tert-OH is 1. The molecule has 0 saturated carbocycles. The molecule has 0 amide bonds. The van der Waals surface area contributed by atoms with Gasteiger partial charge in [0.25, 0.3) is 0 Å². The van der Waals surface area contributed by atoms with Crippen LogP contribution in [0.15, 0.2) is 25.2 Å². The number of nitrogens with zero attached hydrogens (tertiary/aromatic N) is 2. The van der Waals surface area contributed by atoms with E-state index in [2.05, 4.69) is 21.9 Å². The van der Waals surface area contributed by atoms with E-state index in [1.54, 1.807) is 18.6 Å². The van der Waals surface area contributed by atoms with Crippen molar-refractivity contribution in [3.05, 3.63) is 30.9 Å². The zero-order valence-electron chi connectivity index (χ0n) is 12.5. The fourth-order valence-corrected chi connectivity index (χ4v) is 2.03. The van der Waals surface area contributed by atoms with E-state index >= 15 is 0 Å². The van der Waals surface area contributed by atoms with Gasteiger partial charge in [-0.3, -0.25) is 14.8 Å². The summed E-state index contributed by atoms with van der Waals surface area (Å²) in [5.41, 5.74) is 1.09. The molecule has 6 heteroatoms. The molecule has 1 aromatic heterocycles. The number of Topliss-reactive ketones (excluding diaryl/α,β-unsaturated/α-hetero) is 1. The van der Waals surface area contributed by atoms with Crippen molar-refractivity contribution in [2.45, 2.75) is 33.0 Å². The normalized spacial score (nSPS) is 12.5. The van der Waals surface area contributed by atoms with Crippen LogP contribution >= 0.6 is 0 Å². The molecular formula is C15H23N3O3. The first-order chi connectivity index (χ1) is 9.90. The summed E-state index contributed by atoms with van der Waals surface area (Å²) in [7, 11) is 0. The van der Waals surface area contributed by atoms with Crippen LogP contribution in [0.2, 0.25) is 0 Å². The molecule has 0 saturated heterocycles. The smallest absolute Gasteiger partial charge is 0.154 e. The van der Waals surface area contributed by atoms with Gasteiger partial charge in [0.2, 0.25) is 0 Å². The van der Waals surface area contributed by atoms with Gasteiger partial charge in [0.05, 0.1) is 18.4 Å². The molecular weight excluding hydrogens is 270 g/mol. The van der Waals surface area contributed by atoms with Gasteiger partial charge >= 0.3 is 0 Å². The number of aliphatic hydroxyl groups is 2. The maximum absolute atomic E-state index is 11.9. The highest BCUT2D eigenvalue weighted by Gasteiger charge is 2.21. The molecule has 1 atom stereocenters. The van der Waals surface area contributed by atoms with Gasteiger partial charge in [-0.05, 0) is 12.3 Å². The average molecular weight is 293 g/mol. The van der Waals surface area contributed by atoms with Crippen molar-refractivity contribution in [1.29, 1.82) is 0 Å². The molecule has 6 nitrogen and oxygen atoms in total. The SMILES string of the molecule is C=C(NCC(=O)C[C@@H](CC(C)C)C(O)O)c1cnccn1. The quantitative estimate of drug-likeness (QED) is 0.587. The Hall–Kier alpha value is -1.79. The number of aromatic nitrogens is 2. The Morgan fingerprint density at radius 1 is 1.38 bits per heavy atom. The van der Waals surface area contributed by atoms with Crippen LogP contribution in [0.3, 0.4) is 0 Å². The second-order valence-corrected chi connectivity index (χ2v) is 5.47. The molecule has 0 unspecified atom stereocenters. The van der Waals surface area contributed by atoms with Crippen molar-refractivity contribution in [2.75, 3.05) is 6.54 Å². The van der Waals surface area contributed by atoms with Crippen LogP contribution in [0.25, 0.3) is 5.70 Å². The van der Waals surface area contributed by atoms with E-state index in [-0.39, 0.29) is 18.7 Å². The third kappa shape index (κ3) is 6.46. The highest BCUT2D eigenvalue weighted by Crippen LogP contribution is 2.18. The van der Waals surface area contributed by atoms with Crippen LogP contribution in [-0.4, -0.2) is 38.8 Å². The standard InChI is InChI=1S/C15H23N3O3/c1-10(2)6-12(15(20)21)7-13(19)8-18-11(3)14-9-16-4-5-17-14/h4-5,9-10,12,15,18,20-21H,3,6-8H2,1-2H3/t12-/m1/s1. The largest absolute Gasteiger partial charge is 0.377 e. The van der Waals surface area contributed by atoms with Gasteiger partial charge in [-0.25, -0.2) is 0 Å². The lowest BCUT2D eigenvalue weighted by Crippen LogP contribution is -2.29. The first-order valence-electron chi connectivity index (χ1n) is 6.97. The van der Waals surface area contributed by atoms with Crippen LogP contribution in [0.1, 0.15) is 32.4 Å². The van der Waals surface area contributed by atoms with Crippen molar-refractivity contribution in [2.24, 2.45) is 11.8 Å². The van der Waals surface area contributed by atoms with Crippen molar-refractivity contribution in [3.63, 3.8) is 0 Å². The van der Waals surface area contributed by atoms with E-state index in [1.165, 1.54) is 0 Å². The molecule has 3 N–H and O–H groups in total. The minimum atomic E-state index is -1.47. The maximum Gasteiger partial charge on any atom is 0.154 e. The number of rotatable bonds is 9. The molecule has 0 aromatic carbocycles. The maximum atomic E-state index is 11.9. The van der Waals surface area contributed by atoms with Crippen LogP contribution < -0.4 is 5.32 Å². The van der Waals surface area contributed by atoms with E-state index in [4.69, 9.17) is 0 Å². The summed E-state index contributed by atoms with van der Waals surface area (Å²) >= 11 is 0. The average Bonchev–Trinajstić information content (AvgIpc) is 2.44. The number of hydrogen-bond donors (Lipinski definition) is 3. The van der Waals surface area contributed by atoms with Crippen molar-refractivity contribution in [1.82, 2.24) is 15.3 Å².